The summed E-state index contributed by atoms with van der Waals surface area (Å²) in [5.41, 5.74) is -3.98. The third kappa shape index (κ3) is 9.39. The molecule has 3 fully saturated rings. The topological polar surface area (TPSA) is 144 Å². The van der Waals surface area contributed by atoms with Crippen LogP contribution in [0.3, 0.4) is 0 Å². The highest BCUT2D eigenvalue weighted by atomic mass is 28.4. The van der Waals surface area contributed by atoms with E-state index in [1.807, 2.05) is 13.0 Å². The molecule has 1 saturated heterocycles. The van der Waals surface area contributed by atoms with Crippen LogP contribution in [-0.2, 0) is 54.8 Å². The van der Waals surface area contributed by atoms with Crippen LogP contribution in [0.4, 0.5) is 0 Å². The molecule has 0 aromatic heterocycles. The summed E-state index contributed by atoms with van der Waals surface area (Å²) < 4.78 is 71.4. The number of hydrogen-bond acceptors (Lipinski definition) is 13. The zero-order valence-electron chi connectivity index (χ0n) is 46.3. The Morgan fingerprint density at radius 1 is 0.739 bits per heavy atom. The number of benzene rings is 1. The van der Waals surface area contributed by atoms with Crippen molar-refractivity contribution >= 4 is 52.4 Å². The molecule has 1 aliphatic heterocycles. The summed E-state index contributed by atoms with van der Waals surface area (Å²) >= 11 is 0. The third-order valence-corrected chi connectivity index (χ3v) is 31.4. The Morgan fingerprint density at radius 3 is 1.64 bits per heavy atom. The lowest BCUT2D eigenvalue weighted by molar-refractivity contribution is -0.343. The number of esters is 2. The maximum atomic E-state index is 17.4. The van der Waals surface area contributed by atoms with Gasteiger partial charge < -0.3 is 45.2 Å². The maximum Gasteiger partial charge on any atom is 0.344 e. The van der Waals surface area contributed by atoms with Gasteiger partial charge >= 0.3 is 37.6 Å². The van der Waals surface area contributed by atoms with Crippen LogP contribution in [0, 0.1) is 16.7 Å². The fourth-order valence-corrected chi connectivity index (χ4v) is 25.9. The van der Waals surface area contributed by atoms with Gasteiger partial charge in [0.15, 0.2) is 20.4 Å². The van der Waals surface area contributed by atoms with E-state index in [2.05, 4.69) is 117 Å². The summed E-state index contributed by atoms with van der Waals surface area (Å²) in [6.45, 7) is 39.2. The molecule has 17 heteroatoms. The molecule has 3 aliphatic carbocycles. The second-order valence-electron chi connectivity index (χ2n) is 23.3. The summed E-state index contributed by atoms with van der Waals surface area (Å²) in [5.74, 6) is -2.53. The van der Waals surface area contributed by atoms with Crippen LogP contribution in [0.1, 0.15) is 141 Å². The van der Waals surface area contributed by atoms with Crippen molar-refractivity contribution in [2.75, 3.05) is 27.9 Å². The van der Waals surface area contributed by atoms with E-state index in [0.717, 1.165) is 5.57 Å². The molecule has 1 heterocycles. The van der Waals surface area contributed by atoms with Gasteiger partial charge in [0.25, 0.3) is 0 Å². The number of ketones is 1. The highest BCUT2D eigenvalue weighted by Gasteiger charge is 2.80. The third-order valence-electron chi connectivity index (χ3n) is 17.0. The van der Waals surface area contributed by atoms with Crippen LogP contribution in [0.25, 0.3) is 0 Å². The number of fused-ring (bicyclic) bond motifs is 5. The van der Waals surface area contributed by atoms with Crippen LogP contribution < -0.4 is 0 Å². The largest absolute Gasteiger partial charge is 0.455 e. The van der Waals surface area contributed by atoms with Crippen LogP contribution in [0.15, 0.2) is 41.5 Å². The monoisotopic (exact) mass is 1030 g/mol. The second-order valence-corrected chi connectivity index (χ2v) is 38.8. The van der Waals surface area contributed by atoms with Gasteiger partial charge in [-0.05, 0) is 83.5 Å². The van der Waals surface area contributed by atoms with Crippen LogP contribution in [0.5, 0.6) is 0 Å². The lowest BCUT2D eigenvalue weighted by Gasteiger charge is -2.69. The predicted octanol–water partition coefficient (Wildman–Crippen LogP) is 10.9. The first-order valence-electron chi connectivity index (χ1n) is 25.6. The molecule has 0 radical (unpaired) electrons. The molecular formula is C52H90O13Si4. The van der Waals surface area contributed by atoms with E-state index in [0.29, 0.717) is 11.1 Å². The van der Waals surface area contributed by atoms with E-state index in [4.69, 9.17) is 45.2 Å². The molecule has 0 amide bonds. The first kappa shape index (κ1) is 58.0. The Morgan fingerprint density at radius 2 is 1.22 bits per heavy atom. The van der Waals surface area contributed by atoms with Gasteiger partial charge in [0.2, 0.25) is 0 Å². The summed E-state index contributed by atoms with van der Waals surface area (Å²) in [7, 11) is -6.73. The molecule has 0 spiro atoms. The fraction of sp³-hybridized carbons (Fsp3) is 0.788. The number of Topliss-reactive ketones (excluding diaryl/α,β-unsaturated/α-hetero) is 1. The molecule has 13 nitrogen and oxygen atoms in total. The lowest BCUT2D eigenvalue weighted by atomic mass is 9.44. The van der Waals surface area contributed by atoms with Crippen molar-refractivity contribution in [3.8, 4) is 0 Å². The van der Waals surface area contributed by atoms with E-state index >= 15 is 9.59 Å². The number of carbonyl (C=O) groups is 3. The Kier molecular flexibility index (Phi) is 17.8. The summed E-state index contributed by atoms with van der Waals surface area (Å²) in [4.78, 5) is 46.5. The maximum absolute atomic E-state index is 17.4. The molecule has 1 unspecified atom stereocenters. The van der Waals surface area contributed by atoms with Crippen LogP contribution >= 0.6 is 0 Å². The molecule has 5 rings (SSSR count). The van der Waals surface area contributed by atoms with Crippen molar-refractivity contribution in [2.24, 2.45) is 16.7 Å². The Balaban J connectivity index is 2.09. The highest BCUT2D eigenvalue weighted by Crippen LogP contribution is 2.67. The first-order valence-corrected chi connectivity index (χ1v) is 34.3. The standard InChI is InChI=1S/C52H90O13Si4/c1-31(2)67(56-18,32(3)4)62-40-29-52(65-66(21)22)47(60-48(55)39-26-24-23-25-27-39)45-50(17,46(54)44(43(37(40)13)49(52,15)16)64-69(58-20,35(9)10)36(11)12)41(63-68(57-19,33(5)6)34(7)8)28-42-51(45,30-59-42)61-38(14)53/h23-27,31-36,40-42,44-45,47,66H,28-30H2,1-22H3/t40-,41-,42+,44+,45?,47-,50+,51-,52+/m0/s1. The Labute approximate surface area is 420 Å². The molecule has 2 saturated carbocycles. The van der Waals surface area contributed by atoms with Crippen molar-refractivity contribution in [1.82, 2.24) is 0 Å². The van der Waals surface area contributed by atoms with E-state index in [1.54, 1.807) is 45.6 Å². The minimum absolute atomic E-state index is 0.0268. The first-order chi connectivity index (χ1) is 31.9. The van der Waals surface area contributed by atoms with Gasteiger partial charge in [-0.25, -0.2) is 4.79 Å². The predicted molar refractivity (Wildman–Crippen MR) is 278 cm³/mol. The molecule has 392 valence electrons. The van der Waals surface area contributed by atoms with E-state index < -0.39 is 105 Å². The summed E-state index contributed by atoms with van der Waals surface area (Å²) in [6.07, 6.45) is -4.38. The van der Waals surface area contributed by atoms with Crippen molar-refractivity contribution in [1.29, 1.82) is 0 Å². The Hall–Kier alpha value is -1.88. The van der Waals surface area contributed by atoms with Gasteiger partial charge in [-0.1, -0.05) is 115 Å². The normalized spacial score (nSPS) is 30.8. The van der Waals surface area contributed by atoms with Gasteiger partial charge in [0.05, 0.1) is 35.7 Å². The SMILES string of the molecule is CO[Si](O[C@H]1C(=O)[C@@]2(C)C([C@H](OC(=O)c3ccccc3)[C@]3(O[SiH](C)C)C[C@H](O[Si](OC)(C(C)C)C(C)C)C(C)=C1C3(C)C)[C@]1(OC(C)=O)CO[C@@H]1C[C@@H]2O[Si](OC)(C(C)C)C(C)C)(C(C)C)C(C)C. The number of carbonyl (C=O) groups excluding carboxylic acids is 3. The fourth-order valence-electron chi connectivity index (χ4n) is 13.7. The average molecular weight is 1040 g/mol. The lowest BCUT2D eigenvalue weighted by Crippen LogP contribution is -2.83. The molecule has 2 bridgehead atoms. The number of hydrogen-bond donors (Lipinski definition) is 0. The number of ether oxygens (including phenoxy) is 3. The quantitative estimate of drug-likeness (QED) is 0.0695. The molecule has 0 N–H and O–H groups in total. The van der Waals surface area contributed by atoms with E-state index in [-0.39, 0.29) is 58.5 Å². The van der Waals surface area contributed by atoms with Gasteiger partial charge in [-0.15, -0.1) is 0 Å². The van der Waals surface area contributed by atoms with E-state index in [1.165, 1.54) is 6.92 Å². The molecule has 9 atom stereocenters. The van der Waals surface area contributed by atoms with Crippen LogP contribution in [-0.4, -0.2) is 122 Å². The number of rotatable bonds is 20. The molecule has 69 heavy (non-hydrogen) atoms. The minimum Gasteiger partial charge on any atom is -0.455 e. The Bertz CT molecular complexity index is 2000. The van der Waals surface area contributed by atoms with E-state index in [9.17, 15) is 4.79 Å². The van der Waals surface area contributed by atoms with Gasteiger partial charge in [0, 0.05) is 46.5 Å². The summed E-state index contributed by atoms with van der Waals surface area (Å²) in [5, 5.41) is 0. The zero-order chi connectivity index (χ0) is 52.2. The molecular weight excluding hydrogens is 945 g/mol. The van der Waals surface area contributed by atoms with Crippen molar-refractivity contribution in [3.63, 3.8) is 0 Å². The minimum atomic E-state index is -3.35. The molecule has 1 aromatic carbocycles. The van der Waals surface area contributed by atoms with Gasteiger partial charge in [-0.2, -0.15) is 0 Å². The van der Waals surface area contributed by atoms with Crippen molar-refractivity contribution < 1.29 is 59.6 Å². The molecule has 1 aromatic rings. The smallest absolute Gasteiger partial charge is 0.344 e. The second kappa shape index (κ2) is 21.2. The van der Waals surface area contributed by atoms with Crippen LogP contribution in [0.2, 0.25) is 46.3 Å². The van der Waals surface area contributed by atoms with Crippen molar-refractivity contribution in [3.05, 3.63) is 47.0 Å². The van der Waals surface area contributed by atoms with Gasteiger partial charge in [0.1, 0.15) is 23.9 Å². The molecule has 4 aliphatic rings. The summed E-state index contributed by atoms with van der Waals surface area (Å²) in [6, 6.07) is 8.89. The highest BCUT2D eigenvalue weighted by molar-refractivity contribution is 6.71. The average Bonchev–Trinajstić information content (AvgIpc) is 3.25. The van der Waals surface area contributed by atoms with Crippen molar-refractivity contribution in [2.45, 2.75) is 219 Å². The zero-order valence-corrected chi connectivity index (χ0v) is 50.5. The van der Waals surface area contributed by atoms with Gasteiger partial charge in [-0.3, -0.25) is 9.59 Å².